The molecule has 0 radical (unpaired) electrons. The molecular weight excluding hydrogens is 374 g/mol. The molecule has 0 saturated carbocycles. The van der Waals surface area contributed by atoms with E-state index in [0.717, 1.165) is 0 Å². The molecule has 2 amide bonds. The van der Waals surface area contributed by atoms with Crippen LogP contribution in [0.5, 0.6) is 0 Å². The second-order valence-electron chi connectivity index (χ2n) is 6.59. The number of piperazine rings is 1. The molecule has 27 heavy (non-hydrogen) atoms. The molecule has 1 unspecified atom stereocenters. The van der Waals surface area contributed by atoms with E-state index in [1.807, 2.05) is 6.92 Å². The van der Waals surface area contributed by atoms with Gasteiger partial charge in [0.1, 0.15) is 6.10 Å². The van der Waals surface area contributed by atoms with Gasteiger partial charge in [-0.25, -0.2) is 9.00 Å². The van der Waals surface area contributed by atoms with Crippen LogP contribution < -0.4 is 4.72 Å². The van der Waals surface area contributed by atoms with E-state index in [0.29, 0.717) is 50.5 Å². The summed E-state index contributed by atoms with van der Waals surface area (Å²) in [6.45, 7) is 4.16. The van der Waals surface area contributed by atoms with E-state index in [-0.39, 0.29) is 24.1 Å². The maximum atomic E-state index is 12.7. The third-order valence-electron chi connectivity index (χ3n) is 4.64. The van der Waals surface area contributed by atoms with Gasteiger partial charge in [-0.3, -0.25) is 14.1 Å². The number of rotatable bonds is 4. The first kappa shape index (κ1) is 19.6. The highest BCUT2D eigenvalue weighted by molar-refractivity contribution is 7.80. The van der Waals surface area contributed by atoms with Crippen LogP contribution in [0, 0.1) is 0 Å². The highest BCUT2D eigenvalue weighted by Gasteiger charge is 2.32. The second kappa shape index (κ2) is 8.68. The molecule has 10 heteroatoms. The molecule has 2 saturated heterocycles. The second-order valence-corrected chi connectivity index (χ2v) is 7.29. The number of hydrogen-bond donors (Lipinski definition) is 2. The quantitative estimate of drug-likeness (QED) is 0.742. The van der Waals surface area contributed by atoms with Gasteiger partial charge >= 0.3 is 6.09 Å². The molecule has 2 N–H and O–H groups in total. The first-order chi connectivity index (χ1) is 12.9. The summed E-state index contributed by atoms with van der Waals surface area (Å²) in [6, 6.07) is 6.20. The van der Waals surface area contributed by atoms with Crippen molar-refractivity contribution < 1.29 is 27.8 Å². The Morgan fingerprint density at radius 3 is 2.63 bits per heavy atom. The molecular formula is C17H23N3O6S. The lowest BCUT2D eigenvalue weighted by Gasteiger charge is -2.39. The number of carbonyl (C=O) groups excluding carboxylic acids is 2. The fourth-order valence-electron chi connectivity index (χ4n) is 3.20. The van der Waals surface area contributed by atoms with Crippen molar-refractivity contribution in [3.63, 3.8) is 0 Å². The van der Waals surface area contributed by atoms with Crippen molar-refractivity contribution in [2.75, 3.05) is 37.6 Å². The fourth-order valence-corrected chi connectivity index (χ4v) is 3.53. The summed E-state index contributed by atoms with van der Waals surface area (Å²) < 4.78 is 32.5. The van der Waals surface area contributed by atoms with E-state index < -0.39 is 11.3 Å². The molecule has 2 aliphatic heterocycles. The monoisotopic (exact) mass is 397 g/mol. The zero-order chi connectivity index (χ0) is 19.4. The smallest absolute Gasteiger partial charge is 0.410 e. The number of benzene rings is 1. The van der Waals surface area contributed by atoms with Gasteiger partial charge in [-0.15, -0.1) is 0 Å². The lowest BCUT2D eigenvalue weighted by atomic mass is 10.1. The molecule has 3 atom stereocenters. The van der Waals surface area contributed by atoms with Crippen LogP contribution in [-0.4, -0.2) is 75.6 Å². The van der Waals surface area contributed by atoms with Gasteiger partial charge in [-0.1, -0.05) is 0 Å². The van der Waals surface area contributed by atoms with E-state index in [1.54, 1.807) is 34.1 Å². The predicted octanol–water partition coefficient (Wildman–Crippen LogP) is 1.31. The molecule has 2 fully saturated rings. The lowest BCUT2D eigenvalue weighted by Crippen LogP contribution is -2.55. The van der Waals surface area contributed by atoms with E-state index >= 15 is 0 Å². The zero-order valence-electron chi connectivity index (χ0n) is 15.0. The number of nitrogens with one attached hydrogen (secondary N) is 1. The minimum absolute atomic E-state index is 0.142. The summed E-state index contributed by atoms with van der Waals surface area (Å²) in [6.07, 6.45) is 0.166. The first-order valence-corrected chi connectivity index (χ1v) is 9.86. The Bertz CT molecular complexity index is 707. The SMILES string of the molecule is C[C@@H]1CN(C(=O)O[C@H]2CCOC2)CCN1C(=O)c1ccc(NS(=O)O)cc1. The van der Waals surface area contributed by atoms with Gasteiger partial charge in [0.05, 0.1) is 13.2 Å². The normalized spacial score (nSPS) is 23.8. The third-order valence-corrected chi connectivity index (χ3v) is 5.05. The maximum absolute atomic E-state index is 12.7. The van der Waals surface area contributed by atoms with Gasteiger partial charge in [-0.2, -0.15) is 0 Å². The largest absolute Gasteiger partial charge is 0.444 e. The van der Waals surface area contributed by atoms with Gasteiger partial charge in [0.25, 0.3) is 17.2 Å². The molecule has 1 aromatic carbocycles. The minimum atomic E-state index is -2.16. The highest BCUT2D eigenvalue weighted by Crippen LogP contribution is 2.18. The summed E-state index contributed by atoms with van der Waals surface area (Å²) in [7, 11) is 0. The Balaban J connectivity index is 1.56. The van der Waals surface area contributed by atoms with Crippen molar-refractivity contribution in [1.29, 1.82) is 0 Å². The molecule has 148 valence electrons. The molecule has 2 heterocycles. The van der Waals surface area contributed by atoms with Crippen LogP contribution in [0.2, 0.25) is 0 Å². The number of ether oxygens (including phenoxy) is 2. The van der Waals surface area contributed by atoms with Crippen molar-refractivity contribution in [3.8, 4) is 0 Å². The Morgan fingerprint density at radius 1 is 1.30 bits per heavy atom. The van der Waals surface area contributed by atoms with Crippen LogP contribution in [0.15, 0.2) is 24.3 Å². The van der Waals surface area contributed by atoms with Crippen molar-refractivity contribution in [2.45, 2.75) is 25.5 Å². The van der Waals surface area contributed by atoms with Crippen LogP contribution in [0.25, 0.3) is 0 Å². The molecule has 3 rings (SSSR count). The van der Waals surface area contributed by atoms with E-state index in [4.69, 9.17) is 14.0 Å². The van der Waals surface area contributed by atoms with Gasteiger partial charge in [0.2, 0.25) is 0 Å². The Labute approximate surface area is 160 Å². The number of carbonyl (C=O) groups is 2. The van der Waals surface area contributed by atoms with Gasteiger partial charge in [-0.05, 0) is 31.2 Å². The molecule has 0 spiro atoms. The predicted molar refractivity (Wildman–Crippen MR) is 98.6 cm³/mol. The van der Waals surface area contributed by atoms with Crippen molar-refractivity contribution in [3.05, 3.63) is 29.8 Å². The number of anilines is 1. The number of hydrogen-bond acceptors (Lipinski definition) is 5. The number of nitrogens with zero attached hydrogens (tertiary/aromatic N) is 2. The van der Waals surface area contributed by atoms with Crippen LogP contribution in [0.3, 0.4) is 0 Å². The average Bonchev–Trinajstić information content (AvgIpc) is 3.14. The topological polar surface area (TPSA) is 108 Å². The summed E-state index contributed by atoms with van der Waals surface area (Å²) >= 11 is -2.16. The molecule has 9 nitrogen and oxygen atoms in total. The molecule has 0 aromatic heterocycles. The van der Waals surface area contributed by atoms with Gasteiger partial charge in [0.15, 0.2) is 0 Å². The third kappa shape index (κ3) is 4.96. The van der Waals surface area contributed by atoms with Gasteiger partial charge < -0.3 is 19.3 Å². The average molecular weight is 397 g/mol. The van der Waals surface area contributed by atoms with Crippen molar-refractivity contribution in [1.82, 2.24) is 9.80 Å². The molecule has 1 aromatic rings. The van der Waals surface area contributed by atoms with E-state index in [1.165, 1.54) is 0 Å². The summed E-state index contributed by atoms with van der Waals surface area (Å²) in [5, 5.41) is 0. The summed E-state index contributed by atoms with van der Waals surface area (Å²) in [5.74, 6) is -0.142. The van der Waals surface area contributed by atoms with Crippen molar-refractivity contribution in [2.24, 2.45) is 0 Å². The Morgan fingerprint density at radius 2 is 2.04 bits per heavy atom. The number of amides is 2. The molecule has 2 aliphatic rings. The zero-order valence-corrected chi connectivity index (χ0v) is 15.8. The Hall–Kier alpha value is -2.17. The van der Waals surface area contributed by atoms with Crippen molar-refractivity contribution >= 4 is 29.0 Å². The first-order valence-electron chi connectivity index (χ1n) is 8.76. The maximum Gasteiger partial charge on any atom is 0.410 e. The van der Waals surface area contributed by atoms with Crippen LogP contribution in [-0.2, 0) is 20.7 Å². The van der Waals surface area contributed by atoms with E-state index in [9.17, 15) is 13.8 Å². The van der Waals surface area contributed by atoms with E-state index in [2.05, 4.69) is 4.72 Å². The Kier molecular flexibility index (Phi) is 6.30. The standard InChI is InChI=1S/C17H23N3O6S/c1-12-10-19(17(22)26-15-6-9-25-11-15)7-8-20(12)16(21)13-2-4-14(5-3-13)18-27(23)24/h2-5,12,15,18H,6-11H2,1H3,(H,23,24)/t12-,15+/m1/s1. The summed E-state index contributed by atoms with van der Waals surface area (Å²) in [4.78, 5) is 28.3. The highest BCUT2D eigenvalue weighted by atomic mass is 32.2. The molecule has 0 bridgehead atoms. The minimum Gasteiger partial charge on any atom is -0.444 e. The molecule has 0 aliphatic carbocycles. The lowest BCUT2D eigenvalue weighted by molar-refractivity contribution is 0.0258. The van der Waals surface area contributed by atoms with Crippen LogP contribution >= 0.6 is 0 Å². The summed E-state index contributed by atoms with van der Waals surface area (Å²) in [5.41, 5.74) is 0.930. The fraction of sp³-hybridized carbons (Fsp3) is 0.529. The van der Waals surface area contributed by atoms with Crippen LogP contribution in [0.4, 0.5) is 10.5 Å². The van der Waals surface area contributed by atoms with Gasteiger partial charge in [0, 0.05) is 43.3 Å². The van der Waals surface area contributed by atoms with Crippen LogP contribution in [0.1, 0.15) is 23.7 Å².